The van der Waals surface area contributed by atoms with Crippen molar-refractivity contribution in [2.24, 2.45) is 0 Å². The van der Waals surface area contributed by atoms with Crippen molar-refractivity contribution in [3.8, 4) is 11.4 Å². The molecule has 0 radical (unpaired) electrons. The smallest absolute Gasteiger partial charge is 0.255 e. The van der Waals surface area contributed by atoms with Crippen LogP contribution in [0, 0.1) is 0 Å². The van der Waals surface area contributed by atoms with Gasteiger partial charge >= 0.3 is 0 Å². The topological polar surface area (TPSA) is 65.4 Å². The number of hydrogen-bond acceptors (Lipinski definition) is 4. The maximum absolute atomic E-state index is 12.7. The van der Waals surface area contributed by atoms with Gasteiger partial charge in [-0.1, -0.05) is 30.3 Å². The number of ether oxygens (including phenoxy) is 2. The number of nitrogens with zero attached hydrogens (tertiary/aromatic N) is 2. The van der Waals surface area contributed by atoms with E-state index < -0.39 is 0 Å². The molecule has 1 amide bonds. The summed E-state index contributed by atoms with van der Waals surface area (Å²) in [6.45, 7) is 1.65. The van der Waals surface area contributed by atoms with E-state index in [1.165, 1.54) is 0 Å². The standard InChI is InChI=1S/C22H23N3O3/c26-22(20-10-4-5-11-21(20)28-16-19-9-6-12-27-19)23-13-17-14-24-25(15-17)18-7-2-1-3-8-18/h1-5,7-8,10-11,14-15,19H,6,9,12-13,16H2,(H,23,26)/t19-/m0/s1. The molecule has 2 aromatic carbocycles. The maximum Gasteiger partial charge on any atom is 0.255 e. The van der Waals surface area contributed by atoms with Crippen molar-refractivity contribution in [3.63, 3.8) is 0 Å². The second-order valence-corrected chi connectivity index (χ2v) is 6.75. The first-order valence-electron chi connectivity index (χ1n) is 9.50. The Morgan fingerprint density at radius 1 is 1.18 bits per heavy atom. The van der Waals surface area contributed by atoms with E-state index in [0.717, 1.165) is 30.7 Å². The van der Waals surface area contributed by atoms with Crippen LogP contribution in [-0.4, -0.2) is 35.0 Å². The molecule has 0 unspecified atom stereocenters. The van der Waals surface area contributed by atoms with E-state index in [4.69, 9.17) is 9.47 Å². The number of para-hydroxylation sites is 2. The first kappa shape index (κ1) is 18.3. The zero-order chi connectivity index (χ0) is 19.2. The number of nitrogens with one attached hydrogen (secondary N) is 1. The summed E-state index contributed by atoms with van der Waals surface area (Å²) in [6.07, 6.45) is 5.84. The number of carbonyl (C=O) groups excluding carboxylic acids is 1. The summed E-state index contributed by atoms with van der Waals surface area (Å²) in [7, 11) is 0. The van der Waals surface area contributed by atoms with Gasteiger partial charge in [0.1, 0.15) is 12.4 Å². The van der Waals surface area contributed by atoms with Gasteiger partial charge in [-0.25, -0.2) is 4.68 Å². The summed E-state index contributed by atoms with van der Waals surface area (Å²) in [4.78, 5) is 12.7. The summed E-state index contributed by atoms with van der Waals surface area (Å²) >= 11 is 0. The average Bonchev–Trinajstić information content (AvgIpc) is 3.43. The molecule has 1 atom stereocenters. The van der Waals surface area contributed by atoms with Crippen LogP contribution in [-0.2, 0) is 11.3 Å². The Balaban J connectivity index is 1.37. The monoisotopic (exact) mass is 377 g/mol. The highest BCUT2D eigenvalue weighted by Gasteiger charge is 2.18. The minimum atomic E-state index is -0.171. The molecule has 1 aliphatic rings. The van der Waals surface area contributed by atoms with Crippen molar-refractivity contribution in [3.05, 3.63) is 78.1 Å². The van der Waals surface area contributed by atoms with Crippen LogP contribution in [0.5, 0.6) is 5.75 Å². The Bertz CT molecular complexity index is 918. The number of benzene rings is 2. The first-order valence-corrected chi connectivity index (χ1v) is 9.50. The Labute approximate surface area is 164 Å². The Hall–Kier alpha value is -3.12. The fourth-order valence-electron chi connectivity index (χ4n) is 3.19. The van der Waals surface area contributed by atoms with E-state index in [0.29, 0.717) is 24.5 Å². The van der Waals surface area contributed by atoms with Gasteiger partial charge in [0, 0.05) is 24.9 Å². The molecular formula is C22H23N3O3. The molecule has 0 saturated carbocycles. The summed E-state index contributed by atoms with van der Waals surface area (Å²) in [5.41, 5.74) is 2.43. The lowest BCUT2D eigenvalue weighted by atomic mass is 10.2. The van der Waals surface area contributed by atoms with Gasteiger partial charge in [-0.2, -0.15) is 5.10 Å². The van der Waals surface area contributed by atoms with Crippen LogP contribution in [0.3, 0.4) is 0 Å². The number of hydrogen-bond donors (Lipinski definition) is 1. The third kappa shape index (κ3) is 4.40. The highest BCUT2D eigenvalue weighted by molar-refractivity contribution is 5.96. The lowest BCUT2D eigenvalue weighted by molar-refractivity contribution is 0.0670. The number of amides is 1. The highest BCUT2D eigenvalue weighted by Crippen LogP contribution is 2.20. The molecule has 1 N–H and O–H groups in total. The molecule has 6 nitrogen and oxygen atoms in total. The van der Waals surface area contributed by atoms with Crippen LogP contribution in [0.2, 0.25) is 0 Å². The van der Waals surface area contributed by atoms with Gasteiger partial charge in [-0.3, -0.25) is 4.79 Å². The van der Waals surface area contributed by atoms with Crippen LogP contribution in [0.1, 0.15) is 28.8 Å². The minimum absolute atomic E-state index is 0.111. The van der Waals surface area contributed by atoms with Crippen molar-refractivity contribution >= 4 is 5.91 Å². The molecule has 6 heteroatoms. The lowest BCUT2D eigenvalue weighted by Gasteiger charge is -2.14. The van der Waals surface area contributed by atoms with Crippen LogP contribution in [0.15, 0.2) is 67.0 Å². The largest absolute Gasteiger partial charge is 0.490 e. The van der Waals surface area contributed by atoms with Gasteiger partial charge in [0.2, 0.25) is 0 Å². The lowest BCUT2D eigenvalue weighted by Crippen LogP contribution is -2.24. The summed E-state index contributed by atoms with van der Waals surface area (Å²) < 4.78 is 13.2. The van der Waals surface area contributed by atoms with Gasteiger partial charge in [0.25, 0.3) is 5.91 Å². The molecule has 2 heterocycles. The van der Waals surface area contributed by atoms with Gasteiger partial charge in [0.15, 0.2) is 0 Å². The zero-order valence-electron chi connectivity index (χ0n) is 15.6. The van der Waals surface area contributed by atoms with Crippen molar-refractivity contribution < 1.29 is 14.3 Å². The number of aromatic nitrogens is 2. The van der Waals surface area contributed by atoms with Gasteiger partial charge in [-0.15, -0.1) is 0 Å². The molecule has 3 aromatic rings. The maximum atomic E-state index is 12.7. The molecule has 1 aromatic heterocycles. The predicted molar refractivity (Wildman–Crippen MR) is 106 cm³/mol. The average molecular weight is 377 g/mol. The van der Waals surface area contributed by atoms with E-state index in [1.54, 1.807) is 16.9 Å². The molecular weight excluding hydrogens is 354 g/mol. The summed E-state index contributed by atoms with van der Waals surface area (Å²) in [5.74, 6) is 0.408. The first-order chi connectivity index (χ1) is 13.8. The summed E-state index contributed by atoms with van der Waals surface area (Å²) in [6, 6.07) is 17.1. The van der Waals surface area contributed by atoms with E-state index >= 15 is 0 Å². The van der Waals surface area contributed by atoms with E-state index in [-0.39, 0.29) is 12.0 Å². The summed E-state index contributed by atoms with van der Waals surface area (Å²) in [5, 5.41) is 7.30. The van der Waals surface area contributed by atoms with Crippen molar-refractivity contribution in [2.75, 3.05) is 13.2 Å². The van der Waals surface area contributed by atoms with Crippen LogP contribution >= 0.6 is 0 Å². The van der Waals surface area contributed by atoms with Crippen LogP contribution in [0.4, 0.5) is 0 Å². The minimum Gasteiger partial charge on any atom is -0.490 e. The molecule has 0 aliphatic carbocycles. The highest BCUT2D eigenvalue weighted by atomic mass is 16.5. The van der Waals surface area contributed by atoms with Crippen molar-refractivity contribution in [1.29, 1.82) is 0 Å². The second kappa shape index (κ2) is 8.71. The quantitative estimate of drug-likeness (QED) is 0.686. The predicted octanol–water partition coefficient (Wildman–Crippen LogP) is 3.36. The Morgan fingerprint density at radius 3 is 2.82 bits per heavy atom. The van der Waals surface area contributed by atoms with Gasteiger partial charge in [-0.05, 0) is 37.1 Å². The van der Waals surface area contributed by atoms with E-state index in [2.05, 4.69) is 10.4 Å². The number of rotatable bonds is 7. The van der Waals surface area contributed by atoms with Crippen molar-refractivity contribution in [2.45, 2.75) is 25.5 Å². The fourth-order valence-corrected chi connectivity index (χ4v) is 3.19. The normalized spacial score (nSPS) is 16.1. The second-order valence-electron chi connectivity index (χ2n) is 6.75. The molecule has 1 fully saturated rings. The molecule has 4 rings (SSSR count). The number of carbonyl (C=O) groups is 1. The SMILES string of the molecule is O=C(NCc1cnn(-c2ccccc2)c1)c1ccccc1OC[C@@H]1CCCO1. The fraction of sp³-hybridized carbons (Fsp3) is 0.273. The third-order valence-electron chi connectivity index (χ3n) is 4.69. The molecule has 28 heavy (non-hydrogen) atoms. The third-order valence-corrected chi connectivity index (χ3v) is 4.69. The zero-order valence-corrected chi connectivity index (χ0v) is 15.6. The van der Waals surface area contributed by atoms with Crippen molar-refractivity contribution in [1.82, 2.24) is 15.1 Å². The Kier molecular flexibility index (Phi) is 5.68. The van der Waals surface area contributed by atoms with Gasteiger partial charge in [0.05, 0.1) is 23.6 Å². The molecule has 0 bridgehead atoms. The van der Waals surface area contributed by atoms with E-state index in [1.807, 2.05) is 54.7 Å². The van der Waals surface area contributed by atoms with Gasteiger partial charge < -0.3 is 14.8 Å². The van der Waals surface area contributed by atoms with E-state index in [9.17, 15) is 4.79 Å². The van der Waals surface area contributed by atoms with Crippen LogP contribution < -0.4 is 10.1 Å². The Morgan fingerprint density at radius 2 is 2.00 bits per heavy atom. The molecule has 1 aliphatic heterocycles. The molecule has 1 saturated heterocycles. The van der Waals surface area contributed by atoms with Crippen LogP contribution in [0.25, 0.3) is 5.69 Å². The molecule has 144 valence electrons. The molecule has 0 spiro atoms.